The number of likely N-dealkylation sites (tertiary alicyclic amines) is 1. The van der Waals surface area contributed by atoms with Crippen molar-refractivity contribution < 1.29 is 28.5 Å². The first-order chi connectivity index (χ1) is 16.5. The van der Waals surface area contributed by atoms with Crippen LogP contribution in [-0.2, 0) is 9.59 Å². The molecule has 0 aromatic heterocycles. The van der Waals surface area contributed by atoms with Crippen molar-refractivity contribution in [2.45, 2.75) is 25.8 Å². The smallest absolute Gasteiger partial charge is 0.234 e. The molecule has 2 aromatic rings. The molecule has 3 aliphatic heterocycles. The summed E-state index contributed by atoms with van der Waals surface area (Å²) in [5.41, 5.74) is 1.67. The van der Waals surface area contributed by atoms with E-state index < -0.39 is 0 Å². The average molecular weight is 468 g/mol. The van der Waals surface area contributed by atoms with Crippen LogP contribution in [0.2, 0.25) is 0 Å². The molecule has 3 heterocycles. The summed E-state index contributed by atoms with van der Waals surface area (Å²) in [4.78, 5) is 27.4. The number of benzene rings is 2. The van der Waals surface area contributed by atoms with E-state index in [0.717, 1.165) is 11.3 Å². The fraction of sp³-hybridized carbons (Fsp3) is 0.440. The van der Waals surface area contributed by atoms with E-state index in [4.69, 9.17) is 18.9 Å². The number of hydrogen-bond donors (Lipinski definition) is 2. The Morgan fingerprint density at radius 1 is 0.941 bits per heavy atom. The number of fused-ring (bicyclic) bond motifs is 2. The van der Waals surface area contributed by atoms with Crippen molar-refractivity contribution in [2.24, 2.45) is 5.92 Å². The summed E-state index contributed by atoms with van der Waals surface area (Å²) < 4.78 is 21.9. The topological polar surface area (TPSA) is 98.4 Å². The van der Waals surface area contributed by atoms with E-state index in [2.05, 4.69) is 15.5 Å². The molecule has 0 saturated carbocycles. The Kier molecular flexibility index (Phi) is 6.44. The number of amides is 2. The third-order valence-corrected chi connectivity index (χ3v) is 6.41. The van der Waals surface area contributed by atoms with Gasteiger partial charge in [0.25, 0.3) is 0 Å². The normalized spacial score (nSPS) is 18.3. The van der Waals surface area contributed by atoms with Gasteiger partial charge in [0, 0.05) is 17.7 Å². The molecule has 0 radical (unpaired) electrons. The van der Waals surface area contributed by atoms with Crippen LogP contribution in [0.25, 0.3) is 0 Å². The zero-order valence-corrected chi connectivity index (χ0v) is 19.2. The monoisotopic (exact) mass is 467 g/mol. The van der Waals surface area contributed by atoms with Crippen LogP contribution in [0, 0.1) is 5.92 Å². The second-order valence-corrected chi connectivity index (χ2v) is 8.80. The van der Waals surface area contributed by atoms with Gasteiger partial charge in [-0.05, 0) is 62.7 Å². The Bertz CT molecular complexity index is 1070. The predicted molar refractivity (Wildman–Crippen MR) is 124 cm³/mol. The average Bonchev–Trinajstić information content (AvgIpc) is 3.32. The lowest BCUT2D eigenvalue weighted by Gasteiger charge is -2.31. The molecule has 5 rings (SSSR count). The summed E-state index contributed by atoms with van der Waals surface area (Å²) in [7, 11) is 0. The second kappa shape index (κ2) is 9.80. The maximum atomic E-state index is 12.7. The number of anilines is 1. The zero-order valence-electron chi connectivity index (χ0n) is 19.2. The van der Waals surface area contributed by atoms with Crippen LogP contribution in [0.5, 0.6) is 23.0 Å². The molecule has 2 amide bonds. The Morgan fingerprint density at radius 2 is 1.62 bits per heavy atom. The molecule has 3 aliphatic rings. The van der Waals surface area contributed by atoms with Gasteiger partial charge in [0.15, 0.2) is 23.0 Å². The lowest BCUT2D eigenvalue weighted by Crippen LogP contribution is -2.43. The van der Waals surface area contributed by atoms with Gasteiger partial charge in [-0.3, -0.25) is 14.5 Å². The molecule has 1 atom stereocenters. The molecular formula is C25H29N3O6. The van der Waals surface area contributed by atoms with E-state index in [1.165, 1.54) is 0 Å². The van der Waals surface area contributed by atoms with E-state index in [0.29, 0.717) is 68.6 Å². The fourth-order valence-corrected chi connectivity index (χ4v) is 4.47. The number of hydrogen-bond acceptors (Lipinski definition) is 7. The summed E-state index contributed by atoms with van der Waals surface area (Å²) in [5, 5.41) is 6.03. The first-order valence-electron chi connectivity index (χ1n) is 11.7. The summed E-state index contributed by atoms with van der Waals surface area (Å²) in [6.45, 7) is 4.95. The molecule has 9 nitrogen and oxygen atoms in total. The molecule has 0 bridgehead atoms. The van der Waals surface area contributed by atoms with E-state index in [1.807, 2.05) is 31.2 Å². The van der Waals surface area contributed by atoms with Gasteiger partial charge in [-0.2, -0.15) is 0 Å². The Morgan fingerprint density at radius 3 is 2.44 bits per heavy atom. The number of carbonyl (C=O) groups excluding carboxylic acids is 2. The van der Waals surface area contributed by atoms with Crippen LogP contribution in [0.1, 0.15) is 31.4 Å². The minimum Gasteiger partial charge on any atom is -0.486 e. The van der Waals surface area contributed by atoms with Crippen LogP contribution in [0.4, 0.5) is 5.69 Å². The quantitative estimate of drug-likeness (QED) is 0.674. The van der Waals surface area contributed by atoms with Crippen molar-refractivity contribution in [1.82, 2.24) is 10.2 Å². The van der Waals surface area contributed by atoms with Crippen LogP contribution in [0.3, 0.4) is 0 Å². The van der Waals surface area contributed by atoms with Gasteiger partial charge < -0.3 is 29.6 Å². The van der Waals surface area contributed by atoms with Crippen LogP contribution in [0.15, 0.2) is 36.4 Å². The van der Waals surface area contributed by atoms with Gasteiger partial charge in [0.1, 0.15) is 13.2 Å². The molecular weight excluding hydrogens is 438 g/mol. The Hall–Kier alpha value is -3.46. The number of nitrogens with zero attached hydrogens (tertiary/aromatic N) is 1. The van der Waals surface area contributed by atoms with E-state index in [1.54, 1.807) is 12.1 Å². The minimum absolute atomic E-state index is 0.00445. The molecule has 0 aliphatic carbocycles. The molecule has 9 heteroatoms. The number of nitrogens with one attached hydrogen (secondary N) is 2. The number of carbonyl (C=O) groups is 2. The fourth-order valence-electron chi connectivity index (χ4n) is 4.47. The highest BCUT2D eigenvalue weighted by Crippen LogP contribution is 2.35. The van der Waals surface area contributed by atoms with Crippen molar-refractivity contribution in [3.63, 3.8) is 0 Å². The highest BCUT2D eigenvalue weighted by molar-refractivity contribution is 5.93. The van der Waals surface area contributed by atoms with Crippen molar-refractivity contribution in [3.05, 3.63) is 42.0 Å². The van der Waals surface area contributed by atoms with E-state index in [-0.39, 0.29) is 30.6 Å². The lowest BCUT2D eigenvalue weighted by molar-refractivity contribution is -0.124. The maximum absolute atomic E-state index is 12.7. The van der Waals surface area contributed by atoms with Gasteiger partial charge in [-0.1, -0.05) is 6.07 Å². The van der Waals surface area contributed by atoms with Gasteiger partial charge in [-0.15, -0.1) is 0 Å². The highest BCUT2D eigenvalue weighted by Gasteiger charge is 2.27. The summed E-state index contributed by atoms with van der Waals surface area (Å²) in [5.74, 6) is 2.66. The lowest BCUT2D eigenvalue weighted by atomic mass is 9.95. The van der Waals surface area contributed by atoms with Gasteiger partial charge in [0.2, 0.25) is 18.6 Å². The minimum atomic E-state index is -0.145. The summed E-state index contributed by atoms with van der Waals surface area (Å²) in [6.07, 6.45) is 1.42. The zero-order chi connectivity index (χ0) is 23.5. The Labute approximate surface area is 198 Å². The van der Waals surface area contributed by atoms with Gasteiger partial charge >= 0.3 is 0 Å². The SMILES string of the molecule is C[C@@H](NC(=O)CN1CCC(C(=O)Nc2ccc3c(c2)OCO3)CC1)c1ccc2c(c1)OCCO2. The first-order valence-corrected chi connectivity index (χ1v) is 11.7. The molecule has 2 N–H and O–H groups in total. The van der Waals surface area contributed by atoms with Crippen LogP contribution < -0.4 is 29.6 Å². The molecule has 2 aromatic carbocycles. The van der Waals surface area contributed by atoms with Crippen molar-refractivity contribution >= 4 is 17.5 Å². The summed E-state index contributed by atoms with van der Waals surface area (Å²) >= 11 is 0. The largest absolute Gasteiger partial charge is 0.486 e. The van der Waals surface area contributed by atoms with Crippen molar-refractivity contribution in [2.75, 3.05) is 45.0 Å². The third kappa shape index (κ3) is 5.04. The van der Waals surface area contributed by atoms with Crippen molar-refractivity contribution in [3.8, 4) is 23.0 Å². The number of rotatable bonds is 6. The summed E-state index contributed by atoms with van der Waals surface area (Å²) in [6, 6.07) is 11.0. The molecule has 34 heavy (non-hydrogen) atoms. The Balaban J connectivity index is 1.07. The van der Waals surface area contributed by atoms with Crippen molar-refractivity contribution in [1.29, 1.82) is 0 Å². The molecule has 0 spiro atoms. The molecule has 1 fully saturated rings. The van der Waals surface area contributed by atoms with E-state index >= 15 is 0 Å². The standard InChI is InChI=1S/C25H29N3O6/c1-16(18-2-4-20-22(12-18)32-11-10-31-20)26-24(29)14-28-8-6-17(7-9-28)25(30)27-19-3-5-21-23(13-19)34-15-33-21/h2-5,12-13,16-17H,6-11,14-15H2,1H3,(H,26,29)(H,27,30)/t16-/m1/s1. The molecule has 180 valence electrons. The van der Waals surface area contributed by atoms with E-state index in [9.17, 15) is 9.59 Å². The van der Waals surface area contributed by atoms with Crippen LogP contribution >= 0.6 is 0 Å². The highest BCUT2D eigenvalue weighted by atomic mass is 16.7. The number of piperidine rings is 1. The van der Waals surface area contributed by atoms with Gasteiger partial charge in [-0.25, -0.2) is 0 Å². The maximum Gasteiger partial charge on any atom is 0.234 e. The van der Waals surface area contributed by atoms with Gasteiger partial charge in [0.05, 0.1) is 12.6 Å². The molecule has 1 saturated heterocycles. The second-order valence-electron chi connectivity index (χ2n) is 8.80. The first kappa shape index (κ1) is 22.3. The predicted octanol–water partition coefficient (Wildman–Crippen LogP) is 2.71. The number of ether oxygens (including phenoxy) is 4. The third-order valence-electron chi connectivity index (χ3n) is 6.41. The molecule has 0 unspecified atom stereocenters. The van der Waals surface area contributed by atoms with Crippen LogP contribution in [-0.4, -0.2) is 56.4 Å².